The highest BCUT2D eigenvalue weighted by Gasteiger charge is 2.39. The molecule has 0 radical (unpaired) electrons. The normalized spacial score (nSPS) is 16.3. The highest BCUT2D eigenvalue weighted by Crippen LogP contribution is 2.36. The van der Waals surface area contributed by atoms with Gasteiger partial charge in [0, 0.05) is 49.8 Å². The fourth-order valence-corrected chi connectivity index (χ4v) is 6.14. The topological polar surface area (TPSA) is 97.2 Å². The van der Waals surface area contributed by atoms with E-state index in [1.807, 2.05) is 18.2 Å². The minimum absolute atomic E-state index is 0.179. The number of nitrogens with zero attached hydrogens (tertiary/aromatic N) is 4. The molecule has 1 fully saturated rings. The lowest BCUT2D eigenvalue weighted by atomic mass is 9.75. The predicted octanol–water partition coefficient (Wildman–Crippen LogP) is 3.57. The number of sulfonamides is 1. The van der Waals surface area contributed by atoms with Crippen LogP contribution in [0.15, 0.2) is 59.9 Å². The van der Waals surface area contributed by atoms with E-state index in [1.54, 1.807) is 25.4 Å². The van der Waals surface area contributed by atoms with Crippen molar-refractivity contribution in [1.29, 1.82) is 0 Å². The maximum Gasteiger partial charge on any atom is 0.252 e. The smallest absolute Gasteiger partial charge is 0.252 e. The van der Waals surface area contributed by atoms with Crippen LogP contribution in [0.3, 0.4) is 0 Å². The number of carbonyl (C=O) groups excluding carboxylic acids is 1. The van der Waals surface area contributed by atoms with Gasteiger partial charge in [-0.25, -0.2) is 8.42 Å². The third kappa shape index (κ3) is 5.43. The maximum absolute atomic E-state index is 13.1. The molecule has 1 saturated heterocycles. The largest absolute Gasteiger partial charge is 0.351 e. The van der Waals surface area contributed by atoms with Gasteiger partial charge in [-0.1, -0.05) is 29.3 Å². The van der Waals surface area contributed by atoms with Crippen LogP contribution in [0.25, 0.3) is 0 Å². The first kappa shape index (κ1) is 24.7. The second-order valence-corrected chi connectivity index (χ2v) is 11.3. The van der Waals surface area contributed by atoms with E-state index in [-0.39, 0.29) is 21.2 Å². The van der Waals surface area contributed by atoms with Crippen LogP contribution >= 0.6 is 23.2 Å². The first-order valence-corrected chi connectivity index (χ1v) is 13.0. The van der Waals surface area contributed by atoms with Gasteiger partial charge in [0.25, 0.3) is 5.91 Å². The van der Waals surface area contributed by atoms with Gasteiger partial charge >= 0.3 is 0 Å². The summed E-state index contributed by atoms with van der Waals surface area (Å²) in [4.78, 5) is 17.5. The van der Waals surface area contributed by atoms with Gasteiger partial charge in [-0.2, -0.15) is 9.40 Å². The Balaban J connectivity index is 1.51. The summed E-state index contributed by atoms with van der Waals surface area (Å²) in [5.74, 6) is -0.299. The number of nitrogens with one attached hydrogen (secondary N) is 1. The van der Waals surface area contributed by atoms with Crippen LogP contribution in [-0.2, 0) is 23.5 Å². The van der Waals surface area contributed by atoms with E-state index in [4.69, 9.17) is 23.2 Å². The summed E-state index contributed by atoms with van der Waals surface area (Å²) >= 11 is 12.2. The number of rotatable bonds is 7. The third-order valence-electron chi connectivity index (χ3n) is 6.18. The molecule has 1 aliphatic rings. The molecule has 0 aliphatic carbocycles. The van der Waals surface area contributed by atoms with E-state index >= 15 is 0 Å². The third-order valence-corrected chi connectivity index (χ3v) is 8.58. The van der Waals surface area contributed by atoms with Crippen molar-refractivity contribution in [3.8, 4) is 0 Å². The SMILES string of the molecule is Cn1cc(S(=O)(=O)N2CCC(CNC(=O)c3ccc(Cl)cc3Cl)(Cc3ccccn3)CC2)cn1. The maximum atomic E-state index is 13.1. The summed E-state index contributed by atoms with van der Waals surface area (Å²) in [6.07, 6.45) is 6.35. The molecular formula is C23H25Cl2N5O3S. The van der Waals surface area contributed by atoms with Crippen LogP contribution in [0.1, 0.15) is 28.9 Å². The summed E-state index contributed by atoms with van der Waals surface area (Å²) in [5, 5.41) is 7.72. The van der Waals surface area contributed by atoms with Crippen LogP contribution in [0.4, 0.5) is 0 Å². The fourth-order valence-electron chi connectivity index (χ4n) is 4.22. The molecule has 0 bridgehead atoms. The van der Waals surface area contributed by atoms with Crippen LogP contribution in [-0.4, -0.2) is 53.0 Å². The van der Waals surface area contributed by atoms with Crippen LogP contribution in [0.2, 0.25) is 10.0 Å². The molecule has 3 heterocycles. The summed E-state index contributed by atoms with van der Waals surface area (Å²) < 4.78 is 29.1. The molecule has 0 saturated carbocycles. The lowest BCUT2D eigenvalue weighted by Crippen LogP contribution is -2.49. The Morgan fingerprint density at radius 2 is 1.94 bits per heavy atom. The number of piperidine rings is 1. The molecule has 1 amide bonds. The number of hydrogen-bond acceptors (Lipinski definition) is 5. The molecule has 8 nitrogen and oxygen atoms in total. The Morgan fingerprint density at radius 3 is 2.56 bits per heavy atom. The molecule has 34 heavy (non-hydrogen) atoms. The van der Waals surface area contributed by atoms with E-state index in [0.29, 0.717) is 49.5 Å². The molecule has 4 rings (SSSR count). The number of benzene rings is 1. The van der Waals surface area contributed by atoms with Crippen LogP contribution < -0.4 is 5.32 Å². The Kier molecular flexibility index (Phi) is 7.28. The Hall–Kier alpha value is -2.46. The second kappa shape index (κ2) is 10.0. The van der Waals surface area contributed by atoms with Crippen molar-refractivity contribution in [2.24, 2.45) is 12.5 Å². The Bertz CT molecular complexity index is 1270. The van der Waals surface area contributed by atoms with Gasteiger partial charge in [0.2, 0.25) is 10.0 Å². The number of aryl methyl sites for hydroxylation is 1. The molecule has 3 aromatic rings. The minimum Gasteiger partial charge on any atom is -0.351 e. The van der Waals surface area contributed by atoms with Crippen molar-refractivity contribution < 1.29 is 13.2 Å². The van der Waals surface area contributed by atoms with Crippen LogP contribution in [0.5, 0.6) is 0 Å². The lowest BCUT2D eigenvalue weighted by molar-refractivity contribution is 0.0892. The van der Waals surface area contributed by atoms with Crippen molar-refractivity contribution >= 4 is 39.1 Å². The van der Waals surface area contributed by atoms with Gasteiger partial charge in [0.15, 0.2) is 0 Å². The lowest BCUT2D eigenvalue weighted by Gasteiger charge is -2.41. The minimum atomic E-state index is -3.63. The number of hydrogen-bond donors (Lipinski definition) is 1. The van der Waals surface area contributed by atoms with E-state index in [0.717, 1.165) is 5.69 Å². The number of amides is 1. The summed E-state index contributed by atoms with van der Waals surface area (Å²) in [6.45, 7) is 1.03. The van der Waals surface area contributed by atoms with E-state index in [1.165, 1.54) is 27.4 Å². The van der Waals surface area contributed by atoms with Gasteiger partial charge in [0.1, 0.15) is 4.90 Å². The first-order valence-electron chi connectivity index (χ1n) is 10.8. The van der Waals surface area contributed by atoms with Crippen molar-refractivity contribution in [3.05, 3.63) is 76.3 Å². The number of halogens is 2. The molecule has 0 unspecified atom stereocenters. The Labute approximate surface area is 208 Å². The zero-order valence-corrected chi connectivity index (χ0v) is 20.9. The van der Waals surface area contributed by atoms with Gasteiger partial charge in [-0.3, -0.25) is 14.5 Å². The zero-order chi connectivity index (χ0) is 24.3. The average molecular weight is 522 g/mol. The average Bonchev–Trinajstić information content (AvgIpc) is 3.26. The molecule has 1 aromatic carbocycles. The number of aromatic nitrogens is 3. The van der Waals surface area contributed by atoms with Crippen molar-refractivity contribution in [2.75, 3.05) is 19.6 Å². The van der Waals surface area contributed by atoms with E-state index in [2.05, 4.69) is 15.4 Å². The molecule has 180 valence electrons. The highest BCUT2D eigenvalue weighted by molar-refractivity contribution is 7.89. The standard InChI is InChI=1S/C23H25Cl2N5O3S/c1-29-15-19(14-28-29)34(32,33)30-10-7-23(8-11-30,13-18-4-2-3-9-26-18)16-27-22(31)20-6-5-17(24)12-21(20)25/h2-6,9,12,14-15H,7-8,10-11,13,16H2,1H3,(H,27,31). The zero-order valence-electron chi connectivity index (χ0n) is 18.6. The first-order chi connectivity index (χ1) is 16.2. The van der Waals surface area contributed by atoms with Crippen molar-refractivity contribution in [2.45, 2.75) is 24.2 Å². The van der Waals surface area contributed by atoms with Crippen molar-refractivity contribution in [1.82, 2.24) is 24.4 Å². The van der Waals surface area contributed by atoms with E-state index < -0.39 is 10.0 Å². The summed E-state index contributed by atoms with van der Waals surface area (Å²) in [5.41, 5.74) is 0.879. The predicted molar refractivity (Wildman–Crippen MR) is 130 cm³/mol. The molecule has 11 heteroatoms. The number of carbonyl (C=O) groups is 1. The highest BCUT2D eigenvalue weighted by atomic mass is 35.5. The molecule has 0 spiro atoms. The quantitative estimate of drug-likeness (QED) is 0.512. The second-order valence-electron chi connectivity index (χ2n) is 8.56. The number of pyridine rings is 1. The van der Waals surface area contributed by atoms with Crippen LogP contribution in [0, 0.1) is 5.41 Å². The van der Waals surface area contributed by atoms with Gasteiger partial charge in [-0.15, -0.1) is 0 Å². The van der Waals surface area contributed by atoms with Gasteiger partial charge in [0.05, 0.1) is 16.8 Å². The monoisotopic (exact) mass is 521 g/mol. The van der Waals surface area contributed by atoms with Gasteiger partial charge in [-0.05, 0) is 55.0 Å². The van der Waals surface area contributed by atoms with E-state index in [9.17, 15) is 13.2 Å². The van der Waals surface area contributed by atoms with Gasteiger partial charge < -0.3 is 5.32 Å². The van der Waals surface area contributed by atoms with Crippen molar-refractivity contribution in [3.63, 3.8) is 0 Å². The molecule has 2 aromatic heterocycles. The molecule has 0 atom stereocenters. The summed E-state index contributed by atoms with van der Waals surface area (Å²) in [7, 11) is -1.95. The fraction of sp³-hybridized carbons (Fsp3) is 0.348. The summed E-state index contributed by atoms with van der Waals surface area (Å²) in [6, 6.07) is 10.5. The molecular weight excluding hydrogens is 497 g/mol. The molecule has 1 N–H and O–H groups in total. The molecule has 1 aliphatic heterocycles. The Morgan fingerprint density at radius 1 is 1.18 bits per heavy atom.